The van der Waals surface area contributed by atoms with Crippen molar-refractivity contribution >= 4 is 23.3 Å². The largest absolute Gasteiger partial charge is 0.478 e. The predicted octanol–water partition coefficient (Wildman–Crippen LogP) is 1.86. The van der Waals surface area contributed by atoms with Crippen molar-refractivity contribution in [3.8, 4) is 0 Å². The van der Waals surface area contributed by atoms with Crippen molar-refractivity contribution in [3.63, 3.8) is 0 Å². The molecule has 0 radical (unpaired) electrons. The van der Waals surface area contributed by atoms with Gasteiger partial charge < -0.3 is 9.90 Å². The summed E-state index contributed by atoms with van der Waals surface area (Å²) in [6.07, 6.45) is 0.569. The van der Waals surface area contributed by atoms with Crippen LogP contribution in [0, 0.1) is 5.92 Å². The first-order chi connectivity index (χ1) is 9.23. The van der Waals surface area contributed by atoms with E-state index < -0.39 is 11.9 Å². The molecule has 1 aliphatic rings. The van der Waals surface area contributed by atoms with Gasteiger partial charge in [-0.25, -0.2) is 4.79 Å². The minimum absolute atomic E-state index is 0.0290. The Hall–Kier alpha value is -2.04. The van der Waals surface area contributed by atoms with Crippen molar-refractivity contribution < 1.29 is 24.3 Å². The predicted molar refractivity (Wildman–Crippen MR) is 72.1 cm³/mol. The van der Waals surface area contributed by atoms with Gasteiger partial charge in [-0.3, -0.25) is 9.59 Å². The Morgan fingerprint density at radius 1 is 1.30 bits per heavy atom. The third-order valence-corrected chi connectivity index (χ3v) is 3.59. The van der Waals surface area contributed by atoms with Crippen LogP contribution >= 0.6 is 0 Å². The molecular formula is C15H18O5. The Kier molecular flexibility index (Phi) is 5.13. The number of hydrogen-bond donors (Lipinski definition) is 1. The Labute approximate surface area is 117 Å². The van der Waals surface area contributed by atoms with Gasteiger partial charge in [-0.2, -0.15) is 0 Å². The van der Waals surface area contributed by atoms with Crippen LogP contribution in [-0.2, 0) is 19.2 Å². The summed E-state index contributed by atoms with van der Waals surface area (Å²) in [6, 6.07) is 0. The van der Waals surface area contributed by atoms with E-state index in [4.69, 9.17) is 5.11 Å². The standard InChI is InChI=1S/C15H18O5/c1-8(16)4-5-11(9(2)15(19)20)6-12-10(3)13(17)7-14(12)18/h11H,2,4-7H2,1,3H3,(H,19,20)/t11-/m0/s1. The van der Waals surface area contributed by atoms with E-state index in [0.29, 0.717) is 17.6 Å². The molecule has 0 amide bonds. The van der Waals surface area contributed by atoms with Gasteiger partial charge in [0.15, 0.2) is 11.6 Å². The normalized spacial score (nSPS) is 16.5. The third-order valence-electron chi connectivity index (χ3n) is 3.59. The average molecular weight is 278 g/mol. The van der Waals surface area contributed by atoms with Crippen LogP contribution in [0.25, 0.3) is 0 Å². The zero-order chi connectivity index (χ0) is 15.4. The fourth-order valence-electron chi connectivity index (χ4n) is 2.23. The molecule has 0 heterocycles. The van der Waals surface area contributed by atoms with Crippen LogP contribution in [0.4, 0.5) is 0 Å². The van der Waals surface area contributed by atoms with Crippen molar-refractivity contribution in [2.75, 3.05) is 0 Å². The molecule has 0 bridgehead atoms. The summed E-state index contributed by atoms with van der Waals surface area (Å²) < 4.78 is 0. The highest BCUT2D eigenvalue weighted by Gasteiger charge is 2.31. The van der Waals surface area contributed by atoms with E-state index in [1.807, 2.05) is 0 Å². The first-order valence-electron chi connectivity index (χ1n) is 6.41. The lowest BCUT2D eigenvalue weighted by Gasteiger charge is -2.17. The maximum atomic E-state index is 11.7. The maximum Gasteiger partial charge on any atom is 0.331 e. The Morgan fingerprint density at radius 3 is 2.30 bits per heavy atom. The van der Waals surface area contributed by atoms with E-state index >= 15 is 0 Å². The third kappa shape index (κ3) is 3.73. The summed E-state index contributed by atoms with van der Waals surface area (Å²) in [6.45, 7) is 6.52. The molecule has 1 rings (SSSR count). The molecule has 1 atom stereocenters. The van der Waals surface area contributed by atoms with Crippen LogP contribution in [0.15, 0.2) is 23.3 Å². The van der Waals surface area contributed by atoms with E-state index in [0.717, 1.165) is 0 Å². The number of rotatable bonds is 7. The molecule has 0 aromatic heterocycles. The molecule has 20 heavy (non-hydrogen) atoms. The Bertz CT molecular complexity index is 524. The molecule has 0 saturated carbocycles. The monoisotopic (exact) mass is 278 g/mol. The molecule has 108 valence electrons. The number of carbonyl (C=O) groups excluding carboxylic acids is 3. The van der Waals surface area contributed by atoms with Gasteiger partial charge in [0, 0.05) is 17.6 Å². The molecule has 0 fully saturated rings. The number of allylic oxidation sites excluding steroid dienone is 2. The highest BCUT2D eigenvalue weighted by atomic mass is 16.4. The van der Waals surface area contributed by atoms with Crippen LogP contribution in [0.2, 0.25) is 0 Å². The second-order valence-electron chi connectivity index (χ2n) is 5.10. The topological polar surface area (TPSA) is 88.5 Å². The maximum absolute atomic E-state index is 11.7. The quantitative estimate of drug-likeness (QED) is 0.567. The van der Waals surface area contributed by atoms with Crippen molar-refractivity contribution in [1.82, 2.24) is 0 Å². The van der Waals surface area contributed by atoms with Crippen LogP contribution < -0.4 is 0 Å². The zero-order valence-corrected chi connectivity index (χ0v) is 11.7. The van der Waals surface area contributed by atoms with E-state index in [1.54, 1.807) is 6.92 Å². The van der Waals surface area contributed by atoms with Gasteiger partial charge in [-0.1, -0.05) is 6.58 Å². The van der Waals surface area contributed by atoms with Crippen LogP contribution in [0.1, 0.15) is 39.5 Å². The molecule has 0 aromatic carbocycles. The van der Waals surface area contributed by atoms with Crippen molar-refractivity contribution in [3.05, 3.63) is 23.3 Å². The zero-order valence-electron chi connectivity index (χ0n) is 11.7. The minimum Gasteiger partial charge on any atom is -0.478 e. The fraction of sp³-hybridized carbons (Fsp3) is 0.467. The lowest BCUT2D eigenvalue weighted by atomic mass is 9.86. The second kappa shape index (κ2) is 6.41. The van der Waals surface area contributed by atoms with Gasteiger partial charge in [-0.15, -0.1) is 0 Å². The van der Waals surface area contributed by atoms with E-state index in [2.05, 4.69) is 6.58 Å². The molecule has 0 aliphatic heterocycles. The molecule has 0 aromatic rings. The molecular weight excluding hydrogens is 260 g/mol. The van der Waals surface area contributed by atoms with Crippen LogP contribution in [0.3, 0.4) is 0 Å². The molecule has 0 spiro atoms. The second-order valence-corrected chi connectivity index (χ2v) is 5.10. The molecule has 0 saturated heterocycles. The summed E-state index contributed by atoms with van der Waals surface area (Å²) in [5.41, 5.74) is 0.755. The van der Waals surface area contributed by atoms with E-state index in [1.165, 1.54) is 6.92 Å². The number of Topliss-reactive ketones (excluding diaryl/α,β-unsaturated/α-hetero) is 3. The van der Waals surface area contributed by atoms with Crippen LogP contribution in [-0.4, -0.2) is 28.4 Å². The molecule has 5 heteroatoms. The van der Waals surface area contributed by atoms with Gasteiger partial charge in [-0.05, 0) is 38.2 Å². The Balaban J connectivity index is 2.92. The van der Waals surface area contributed by atoms with E-state index in [-0.39, 0.29) is 42.2 Å². The summed E-state index contributed by atoms with van der Waals surface area (Å²) in [5.74, 6) is -2.16. The molecule has 1 N–H and O–H groups in total. The van der Waals surface area contributed by atoms with Gasteiger partial charge in [0.1, 0.15) is 5.78 Å². The van der Waals surface area contributed by atoms with E-state index in [9.17, 15) is 19.2 Å². The van der Waals surface area contributed by atoms with Gasteiger partial charge in [0.25, 0.3) is 0 Å². The number of hydrogen-bond acceptors (Lipinski definition) is 4. The SMILES string of the molecule is C=C(C(=O)O)[C@@H](CCC(C)=O)CC1=C(C)C(=O)CC1=O. The number of ketones is 3. The smallest absolute Gasteiger partial charge is 0.331 e. The first-order valence-corrected chi connectivity index (χ1v) is 6.41. The lowest BCUT2D eigenvalue weighted by Crippen LogP contribution is -2.15. The summed E-state index contributed by atoms with van der Waals surface area (Å²) in [5, 5.41) is 9.02. The Morgan fingerprint density at radius 2 is 1.90 bits per heavy atom. The molecule has 0 unspecified atom stereocenters. The van der Waals surface area contributed by atoms with Crippen molar-refractivity contribution in [1.29, 1.82) is 0 Å². The summed E-state index contributed by atoms with van der Waals surface area (Å²) in [7, 11) is 0. The number of carbonyl (C=O) groups is 4. The summed E-state index contributed by atoms with van der Waals surface area (Å²) in [4.78, 5) is 45.3. The number of aliphatic carboxylic acids is 1. The van der Waals surface area contributed by atoms with Gasteiger partial charge in [0.05, 0.1) is 6.42 Å². The van der Waals surface area contributed by atoms with Gasteiger partial charge >= 0.3 is 5.97 Å². The minimum atomic E-state index is -1.14. The highest BCUT2D eigenvalue weighted by Crippen LogP contribution is 2.30. The molecule has 1 aliphatic carbocycles. The fourth-order valence-corrected chi connectivity index (χ4v) is 2.23. The number of carboxylic acids is 1. The average Bonchev–Trinajstić information content (AvgIpc) is 2.59. The first kappa shape index (κ1) is 16.0. The van der Waals surface area contributed by atoms with Gasteiger partial charge in [0.2, 0.25) is 0 Å². The lowest BCUT2D eigenvalue weighted by molar-refractivity contribution is -0.133. The van der Waals surface area contributed by atoms with Crippen LogP contribution in [0.5, 0.6) is 0 Å². The summed E-state index contributed by atoms with van der Waals surface area (Å²) >= 11 is 0. The van der Waals surface area contributed by atoms with Crippen molar-refractivity contribution in [2.45, 2.75) is 39.5 Å². The highest BCUT2D eigenvalue weighted by molar-refractivity contribution is 6.22. The molecule has 5 nitrogen and oxygen atoms in total. The van der Waals surface area contributed by atoms with Crippen molar-refractivity contribution in [2.24, 2.45) is 5.92 Å². The number of carboxylic acid groups (broad SMARTS) is 1.